The highest BCUT2D eigenvalue weighted by molar-refractivity contribution is 5.31. The summed E-state index contributed by atoms with van der Waals surface area (Å²) in [4.78, 5) is 4.80. The van der Waals surface area contributed by atoms with Crippen LogP contribution in [0.3, 0.4) is 0 Å². The van der Waals surface area contributed by atoms with Crippen LogP contribution in [0.2, 0.25) is 0 Å². The quantitative estimate of drug-likeness (QED) is 0.749. The van der Waals surface area contributed by atoms with Crippen LogP contribution < -0.4 is 5.48 Å². The number of benzene rings is 1. The molecule has 0 aromatic heterocycles. The monoisotopic (exact) mass is 207 g/mol. The maximum Gasteiger partial charge on any atom is 0.0929 e. The van der Waals surface area contributed by atoms with Gasteiger partial charge in [-0.15, -0.1) is 0 Å². The highest BCUT2D eigenvalue weighted by Crippen LogP contribution is 2.48. The van der Waals surface area contributed by atoms with Gasteiger partial charge in [-0.1, -0.05) is 24.3 Å². The zero-order chi connectivity index (χ0) is 10.7. The molecule has 15 heavy (non-hydrogen) atoms. The second-order valence-corrected chi connectivity index (χ2v) is 3.92. The van der Waals surface area contributed by atoms with E-state index in [1.165, 1.54) is 11.1 Å². The van der Waals surface area contributed by atoms with Crippen molar-refractivity contribution in [1.82, 2.24) is 5.48 Å². The molecule has 2 rings (SSSR count). The van der Waals surface area contributed by atoms with E-state index in [9.17, 15) is 0 Å². The molecular weight excluding hydrogens is 190 g/mol. The Morgan fingerprint density at radius 3 is 2.33 bits per heavy atom. The van der Waals surface area contributed by atoms with Gasteiger partial charge in [0, 0.05) is 13.7 Å². The van der Waals surface area contributed by atoms with Gasteiger partial charge in [-0.2, -0.15) is 5.48 Å². The second-order valence-electron chi connectivity index (χ2n) is 3.92. The predicted octanol–water partition coefficient (Wildman–Crippen LogP) is 1.97. The number of rotatable bonds is 5. The van der Waals surface area contributed by atoms with Crippen molar-refractivity contribution in [2.24, 2.45) is 0 Å². The summed E-state index contributed by atoms with van der Waals surface area (Å²) in [7, 11) is 3.41. The fraction of sp³-hybridized carbons (Fsp3) is 0.500. The molecule has 1 saturated carbocycles. The molecule has 1 aliphatic carbocycles. The van der Waals surface area contributed by atoms with E-state index in [4.69, 9.17) is 9.57 Å². The van der Waals surface area contributed by atoms with Gasteiger partial charge in [-0.05, 0) is 24.0 Å². The molecule has 1 aromatic rings. The minimum atomic E-state index is 0.0210. The van der Waals surface area contributed by atoms with Crippen LogP contribution in [-0.2, 0) is 21.7 Å². The standard InChI is InChI=1S/C12H17NO2/c1-14-12(7-8-12)11-5-3-10(4-6-11)9-13-15-2/h3-6,13H,7-9H2,1-2H3. The number of nitrogens with one attached hydrogen (secondary N) is 1. The van der Waals surface area contributed by atoms with Gasteiger partial charge in [0.1, 0.15) is 0 Å². The number of hydrogen-bond acceptors (Lipinski definition) is 3. The van der Waals surface area contributed by atoms with Crippen molar-refractivity contribution in [1.29, 1.82) is 0 Å². The molecule has 82 valence electrons. The normalized spacial score (nSPS) is 17.7. The zero-order valence-electron chi connectivity index (χ0n) is 9.25. The first-order chi connectivity index (χ1) is 7.30. The van der Waals surface area contributed by atoms with E-state index in [-0.39, 0.29) is 5.60 Å². The first-order valence-electron chi connectivity index (χ1n) is 5.21. The molecule has 1 aliphatic rings. The summed E-state index contributed by atoms with van der Waals surface area (Å²) in [6.45, 7) is 0.733. The third-order valence-corrected chi connectivity index (χ3v) is 3.00. The minimum absolute atomic E-state index is 0.0210. The molecule has 1 fully saturated rings. The Kier molecular flexibility index (Phi) is 3.05. The van der Waals surface area contributed by atoms with Crippen molar-refractivity contribution in [3.05, 3.63) is 35.4 Å². The molecule has 0 aliphatic heterocycles. The van der Waals surface area contributed by atoms with Crippen molar-refractivity contribution in [2.75, 3.05) is 14.2 Å². The number of methoxy groups -OCH3 is 1. The maximum atomic E-state index is 5.52. The Bertz CT molecular complexity index is 317. The average molecular weight is 207 g/mol. The van der Waals surface area contributed by atoms with E-state index in [0.717, 1.165) is 19.4 Å². The van der Waals surface area contributed by atoms with E-state index in [0.29, 0.717) is 0 Å². The molecule has 0 spiro atoms. The van der Waals surface area contributed by atoms with E-state index < -0.39 is 0 Å². The molecule has 0 atom stereocenters. The smallest absolute Gasteiger partial charge is 0.0929 e. The van der Waals surface area contributed by atoms with Crippen molar-refractivity contribution >= 4 is 0 Å². The van der Waals surface area contributed by atoms with Gasteiger partial charge in [-0.3, -0.25) is 0 Å². The van der Waals surface area contributed by atoms with Crippen LogP contribution in [0, 0.1) is 0 Å². The average Bonchev–Trinajstić information content (AvgIpc) is 3.08. The Morgan fingerprint density at radius 1 is 1.20 bits per heavy atom. The van der Waals surface area contributed by atoms with Gasteiger partial charge in [0.05, 0.1) is 12.7 Å². The van der Waals surface area contributed by atoms with Gasteiger partial charge in [0.2, 0.25) is 0 Å². The number of ether oxygens (including phenoxy) is 1. The lowest BCUT2D eigenvalue weighted by Crippen LogP contribution is -2.12. The Labute approximate surface area is 90.3 Å². The van der Waals surface area contributed by atoms with Gasteiger partial charge in [-0.25, -0.2) is 0 Å². The van der Waals surface area contributed by atoms with Crippen LogP contribution >= 0.6 is 0 Å². The summed E-state index contributed by atoms with van der Waals surface area (Å²) >= 11 is 0. The van der Waals surface area contributed by atoms with Crippen LogP contribution in [-0.4, -0.2) is 14.2 Å². The Balaban J connectivity index is 2.04. The SMILES string of the molecule is CONCc1ccc(C2(OC)CC2)cc1. The molecule has 3 nitrogen and oxygen atoms in total. The number of hydroxylamine groups is 1. The maximum absolute atomic E-state index is 5.52. The minimum Gasteiger partial charge on any atom is -0.374 e. The highest BCUT2D eigenvalue weighted by atomic mass is 16.6. The Morgan fingerprint density at radius 2 is 1.87 bits per heavy atom. The van der Waals surface area contributed by atoms with Crippen molar-refractivity contribution in [3.63, 3.8) is 0 Å². The summed E-state index contributed by atoms with van der Waals surface area (Å²) in [5.74, 6) is 0. The largest absolute Gasteiger partial charge is 0.374 e. The van der Waals surface area contributed by atoms with Crippen LogP contribution in [0.4, 0.5) is 0 Å². The lowest BCUT2D eigenvalue weighted by molar-refractivity contribution is 0.0787. The van der Waals surface area contributed by atoms with Crippen LogP contribution in [0.1, 0.15) is 24.0 Å². The zero-order valence-corrected chi connectivity index (χ0v) is 9.25. The summed E-state index contributed by atoms with van der Waals surface area (Å²) in [5, 5.41) is 0. The lowest BCUT2D eigenvalue weighted by atomic mass is 10.1. The van der Waals surface area contributed by atoms with Gasteiger partial charge >= 0.3 is 0 Å². The molecular formula is C12H17NO2. The molecule has 0 heterocycles. The molecule has 0 amide bonds. The third-order valence-electron chi connectivity index (χ3n) is 3.00. The van der Waals surface area contributed by atoms with Crippen molar-refractivity contribution < 1.29 is 9.57 Å². The Hall–Kier alpha value is -0.900. The first-order valence-corrected chi connectivity index (χ1v) is 5.21. The van der Waals surface area contributed by atoms with E-state index in [1.807, 2.05) is 0 Å². The fourth-order valence-electron chi connectivity index (χ4n) is 1.81. The summed E-state index contributed by atoms with van der Waals surface area (Å²) in [6, 6.07) is 8.51. The summed E-state index contributed by atoms with van der Waals surface area (Å²) < 4.78 is 5.52. The van der Waals surface area contributed by atoms with Crippen LogP contribution in [0.25, 0.3) is 0 Å². The van der Waals surface area contributed by atoms with E-state index >= 15 is 0 Å². The molecule has 0 saturated heterocycles. The van der Waals surface area contributed by atoms with Gasteiger partial charge in [0.25, 0.3) is 0 Å². The van der Waals surface area contributed by atoms with E-state index in [2.05, 4.69) is 29.7 Å². The molecule has 0 unspecified atom stereocenters. The molecule has 1 aromatic carbocycles. The molecule has 0 radical (unpaired) electrons. The predicted molar refractivity (Wildman–Crippen MR) is 58.2 cm³/mol. The second kappa shape index (κ2) is 4.31. The number of hydrogen-bond donors (Lipinski definition) is 1. The lowest BCUT2D eigenvalue weighted by Gasteiger charge is -2.14. The summed E-state index contributed by atoms with van der Waals surface area (Å²) in [6.07, 6.45) is 2.28. The third kappa shape index (κ3) is 2.20. The first kappa shape index (κ1) is 10.6. The molecule has 0 bridgehead atoms. The molecule has 3 heteroatoms. The highest BCUT2D eigenvalue weighted by Gasteiger charge is 2.44. The topological polar surface area (TPSA) is 30.5 Å². The van der Waals surface area contributed by atoms with Crippen LogP contribution in [0.5, 0.6) is 0 Å². The van der Waals surface area contributed by atoms with Crippen molar-refractivity contribution in [3.8, 4) is 0 Å². The fourth-order valence-corrected chi connectivity index (χ4v) is 1.81. The van der Waals surface area contributed by atoms with Gasteiger partial charge in [0.15, 0.2) is 0 Å². The van der Waals surface area contributed by atoms with Gasteiger partial charge < -0.3 is 9.57 Å². The van der Waals surface area contributed by atoms with E-state index in [1.54, 1.807) is 14.2 Å². The molecule has 1 N–H and O–H groups in total. The summed E-state index contributed by atoms with van der Waals surface area (Å²) in [5.41, 5.74) is 5.34. The van der Waals surface area contributed by atoms with Crippen molar-refractivity contribution in [2.45, 2.75) is 25.0 Å². The van der Waals surface area contributed by atoms with Crippen LogP contribution in [0.15, 0.2) is 24.3 Å².